The van der Waals surface area contributed by atoms with Gasteiger partial charge in [0.1, 0.15) is 11.6 Å². The molecule has 1 N–H and O–H groups in total. The van der Waals surface area contributed by atoms with E-state index in [4.69, 9.17) is 4.74 Å². The van der Waals surface area contributed by atoms with Gasteiger partial charge in [0.25, 0.3) is 0 Å². The van der Waals surface area contributed by atoms with Crippen molar-refractivity contribution < 1.29 is 4.74 Å². The highest BCUT2D eigenvalue weighted by Crippen LogP contribution is 2.21. The predicted octanol–water partition coefficient (Wildman–Crippen LogP) is 2.13. The second kappa shape index (κ2) is 7.97. The molecule has 0 spiro atoms. The lowest BCUT2D eigenvalue weighted by atomic mass is 10.1. The monoisotopic (exact) mass is 341 g/mol. The Hall–Kier alpha value is -1.92. The van der Waals surface area contributed by atoms with Gasteiger partial charge in [-0.25, -0.2) is 0 Å². The number of aromatic nitrogens is 3. The number of aryl methyl sites for hydroxylation is 1. The average molecular weight is 341 g/mol. The van der Waals surface area contributed by atoms with Crippen molar-refractivity contribution in [3.63, 3.8) is 0 Å². The largest absolute Gasteiger partial charge is 0.378 e. The summed E-state index contributed by atoms with van der Waals surface area (Å²) in [5.41, 5.74) is 2.65. The molecular formula is C19H27N5O. The molecule has 3 heterocycles. The van der Waals surface area contributed by atoms with Gasteiger partial charge in [-0.15, -0.1) is 10.2 Å². The fraction of sp³-hybridized carbons (Fsp3) is 0.579. The van der Waals surface area contributed by atoms with E-state index in [2.05, 4.69) is 49.2 Å². The van der Waals surface area contributed by atoms with Crippen LogP contribution in [0.25, 0.3) is 0 Å². The van der Waals surface area contributed by atoms with Crippen molar-refractivity contribution in [2.45, 2.75) is 45.3 Å². The third-order valence-electron chi connectivity index (χ3n) is 5.13. The number of rotatable bonds is 5. The molecule has 0 aliphatic carbocycles. The highest BCUT2D eigenvalue weighted by molar-refractivity contribution is 5.53. The maximum atomic E-state index is 5.48. The molecule has 6 heteroatoms. The minimum absolute atomic E-state index is 0.768. The molecule has 0 amide bonds. The summed E-state index contributed by atoms with van der Waals surface area (Å²) in [5, 5.41) is 12.4. The highest BCUT2D eigenvalue weighted by atomic mass is 16.5. The van der Waals surface area contributed by atoms with Crippen molar-refractivity contribution >= 4 is 5.69 Å². The first kappa shape index (κ1) is 16.5. The van der Waals surface area contributed by atoms with E-state index < -0.39 is 0 Å². The Balaban J connectivity index is 1.40. The molecule has 0 bridgehead atoms. The maximum absolute atomic E-state index is 5.48. The third-order valence-corrected chi connectivity index (χ3v) is 5.13. The van der Waals surface area contributed by atoms with Gasteiger partial charge in [-0.2, -0.15) is 0 Å². The van der Waals surface area contributed by atoms with Gasteiger partial charge in [-0.05, 0) is 24.5 Å². The lowest BCUT2D eigenvalue weighted by molar-refractivity contribution is 0.122. The SMILES string of the molecule is c1ccc(N2CCOCC2)c(CNCc2nnc3n2CCCCC3)c1. The minimum Gasteiger partial charge on any atom is -0.378 e. The summed E-state index contributed by atoms with van der Waals surface area (Å²) >= 11 is 0. The topological polar surface area (TPSA) is 55.2 Å². The summed E-state index contributed by atoms with van der Waals surface area (Å²) < 4.78 is 7.79. The second-order valence-electron chi connectivity index (χ2n) is 6.83. The Bertz CT molecular complexity index is 693. The van der Waals surface area contributed by atoms with E-state index in [1.54, 1.807) is 0 Å². The zero-order valence-electron chi connectivity index (χ0n) is 14.8. The van der Waals surface area contributed by atoms with Crippen molar-refractivity contribution in [2.75, 3.05) is 31.2 Å². The standard InChI is InChI=1S/C19H27N5O/c1-2-8-18-21-22-19(24(18)9-5-1)15-20-14-16-6-3-4-7-17(16)23-10-12-25-13-11-23/h3-4,6-7,20H,1-2,5,8-15H2. The van der Waals surface area contributed by atoms with Gasteiger partial charge in [-0.3, -0.25) is 0 Å². The van der Waals surface area contributed by atoms with Crippen molar-refractivity contribution in [1.82, 2.24) is 20.1 Å². The zero-order valence-corrected chi connectivity index (χ0v) is 14.8. The van der Waals surface area contributed by atoms with Gasteiger partial charge < -0.3 is 19.5 Å². The van der Waals surface area contributed by atoms with Crippen LogP contribution in [0.1, 0.15) is 36.5 Å². The minimum atomic E-state index is 0.768. The van der Waals surface area contributed by atoms with Crippen LogP contribution in [-0.4, -0.2) is 41.1 Å². The summed E-state index contributed by atoms with van der Waals surface area (Å²) in [6.45, 7) is 6.23. The van der Waals surface area contributed by atoms with E-state index >= 15 is 0 Å². The Morgan fingerprint density at radius 1 is 0.960 bits per heavy atom. The highest BCUT2D eigenvalue weighted by Gasteiger charge is 2.16. The molecule has 134 valence electrons. The van der Waals surface area contributed by atoms with Gasteiger partial charge in [0.05, 0.1) is 19.8 Å². The molecule has 0 radical (unpaired) electrons. The normalized spacial score (nSPS) is 18.0. The molecule has 0 unspecified atom stereocenters. The molecule has 1 fully saturated rings. The fourth-order valence-electron chi connectivity index (χ4n) is 3.76. The van der Waals surface area contributed by atoms with Crippen molar-refractivity contribution in [2.24, 2.45) is 0 Å². The number of hydrogen-bond acceptors (Lipinski definition) is 5. The van der Waals surface area contributed by atoms with E-state index in [0.717, 1.165) is 64.0 Å². The molecule has 2 aliphatic heterocycles. The molecule has 2 aromatic rings. The Labute approximate surface area is 149 Å². The Morgan fingerprint density at radius 2 is 1.84 bits per heavy atom. The molecule has 4 rings (SSSR count). The smallest absolute Gasteiger partial charge is 0.147 e. The first-order valence-electron chi connectivity index (χ1n) is 9.44. The molecular weight excluding hydrogens is 314 g/mol. The van der Waals surface area contributed by atoms with Gasteiger partial charge in [-0.1, -0.05) is 24.6 Å². The number of benzene rings is 1. The number of ether oxygens (including phenoxy) is 1. The van der Waals surface area contributed by atoms with E-state index in [1.165, 1.54) is 30.5 Å². The molecule has 2 aliphatic rings. The Morgan fingerprint density at radius 3 is 2.76 bits per heavy atom. The number of hydrogen-bond donors (Lipinski definition) is 1. The fourth-order valence-corrected chi connectivity index (χ4v) is 3.76. The number of morpholine rings is 1. The number of anilines is 1. The van der Waals surface area contributed by atoms with Crippen LogP contribution in [0.5, 0.6) is 0 Å². The Kier molecular flexibility index (Phi) is 5.28. The summed E-state index contributed by atoms with van der Waals surface area (Å²) in [6.07, 6.45) is 4.83. The molecule has 0 atom stereocenters. The summed E-state index contributed by atoms with van der Waals surface area (Å²) in [6, 6.07) is 8.66. The molecule has 1 aromatic carbocycles. The molecule has 6 nitrogen and oxygen atoms in total. The number of fused-ring (bicyclic) bond motifs is 1. The number of nitrogens with one attached hydrogen (secondary N) is 1. The van der Waals surface area contributed by atoms with Gasteiger partial charge in [0.15, 0.2) is 0 Å². The molecule has 25 heavy (non-hydrogen) atoms. The van der Waals surface area contributed by atoms with Gasteiger partial charge >= 0.3 is 0 Å². The van der Waals surface area contributed by atoms with Crippen LogP contribution in [-0.2, 0) is 30.8 Å². The summed E-state index contributed by atoms with van der Waals surface area (Å²) in [5.74, 6) is 2.23. The summed E-state index contributed by atoms with van der Waals surface area (Å²) in [4.78, 5) is 2.42. The number of nitrogens with zero attached hydrogens (tertiary/aromatic N) is 4. The number of para-hydroxylation sites is 1. The van der Waals surface area contributed by atoms with Crippen molar-refractivity contribution in [1.29, 1.82) is 0 Å². The third kappa shape index (κ3) is 3.85. The molecule has 1 saturated heterocycles. The summed E-state index contributed by atoms with van der Waals surface area (Å²) in [7, 11) is 0. The van der Waals surface area contributed by atoms with Crippen LogP contribution in [0.4, 0.5) is 5.69 Å². The molecule has 1 aromatic heterocycles. The van der Waals surface area contributed by atoms with Crippen molar-refractivity contribution in [3.8, 4) is 0 Å². The van der Waals surface area contributed by atoms with Crippen LogP contribution >= 0.6 is 0 Å². The van der Waals surface area contributed by atoms with Crippen LogP contribution in [0, 0.1) is 0 Å². The van der Waals surface area contributed by atoms with E-state index in [-0.39, 0.29) is 0 Å². The van der Waals surface area contributed by atoms with Crippen LogP contribution in [0.3, 0.4) is 0 Å². The quantitative estimate of drug-likeness (QED) is 0.903. The van der Waals surface area contributed by atoms with E-state index in [9.17, 15) is 0 Å². The predicted molar refractivity (Wildman–Crippen MR) is 97.6 cm³/mol. The first-order chi connectivity index (χ1) is 12.4. The lowest BCUT2D eigenvalue weighted by Gasteiger charge is -2.30. The van der Waals surface area contributed by atoms with E-state index in [1.807, 2.05) is 0 Å². The molecule has 0 saturated carbocycles. The maximum Gasteiger partial charge on any atom is 0.147 e. The average Bonchev–Trinajstić information content (AvgIpc) is 2.89. The van der Waals surface area contributed by atoms with Crippen molar-refractivity contribution in [3.05, 3.63) is 41.5 Å². The lowest BCUT2D eigenvalue weighted by Crippen LogP contribution is -2.37. The second-order valence-corrected chi connectivity index (χ2v) is 6.83. The van der Waals surface area contributed by atoms with E-state index in [0.29, 0.717) is 0 Å². The van der Waals surface area contributed by atoms with Gasteiger partial charge in [0.2, 0.25) is 0 Å². The van der Waals surface area contributed by atoms with Crippen LogP contribution in [0.2, 0.25) is 0 Å². The van der Waals surface area contributed by atoms with Gasteiger partial charge in [0, 0.05) is 38.3 Å². The van der Waals surface area contributed by atoms with Crippen LogP contribution < -0.4 is 10.2 Å². The first-order valence-corrected chi connectivity index (χ1v) is 9.44. The zero-order chi connectivity index (χ0) is 16.9. The van der Waals surface area contributed by atoms with Crippen LogP contribution in [0.15, 0.2) is 24.3 Å².